The van der Waals surface area contributed by atoms with E-state index in [0.29, 0.717) is 15.2 Å². The zero-order chi connectivity index (χ0) is 21.9. The number of aryl methyl sites for hydroxylation is 1. The van der Waals surface area contributed by atoms with Crippen molar-refractivity contribution in [1.29, 1.82) is 0 Å². The molecule has 0 atom stereocenters. The first-order valence-corrected chi connectivity index (χ1v) is 10.2. The quantitative estimate of drug-likeness (QED) is 0.595. The number of methoxy groups -OCH3 is 1. The van der Waals surface area contributed by atoms with Crippen molar-refractivity contribution in [3.8, 4) is 0 Å². The lowest BCUT2D eigenvalue weighted by Crippen LogP contribution is -2.32. The molecule has 0 bridgehead atoms. The second-order valence-electron chi connectivity index (χ2n) is 6.44. The lowest BCUT2D eigenvalue weighted by molar-refractivity contribution is -0.116. The van der Waals surface area contributed by atoms with Crippen molar-refractivity contribution in [3.63, 3.8) is 0 Å². The molecule has 1 aromatic heterocycles. The van der Waals surface area contributed by atoms with Gasteiger partial charge in [-0.15, -0.1) is 0 Å². The van der Waals surface area contributed by atoms with Crippen molar-refractivity contribution < 1.29 is 22.7 Å². The summed E-state index contributed by atoms with van der Waals surface area (Å²) < 4.78 is 31.5. The maximum Gasteiger partial charge on any atom is 0.342 e. The van der Waals surface area contributed by atoms with E-state index >= 15 is 0 Å². The molecule has 1 amide bonds. The van der Waals surface area contributed by atoms with Crippen LogP contribution in [0.5, 0.6) is 0 Å². The highest BCUT2D eigenvalue weighted by atomic mass is 32.2. The van der Waals surface area contributed by atoms with E-state index in [4.69, 9.17) is 0 Å². The van der Waals surface area contributed by atoms with Crippen LogP contribution >= 0.6 is 0 Å². The van der Waals surface area contributed by atoms with E-state index in [-0.39, 0.29) is 11.4 Å². The molecule has 0 unspecified atom stereocenters. The third-order valence-electron chi connectivity index (χ3n) is 4.30. The van der Waals surface area contributed by atoms with E-state index < -0.39 is 27.6 Å². The topological polar surface area (TPSA) is 116 Å². The zero-order valence-corrected chi connectivity index (χ0v) is 17.0. The number of anilines is 1. The Labute approximate surface area is 172 Å². The molecule has 0 saturated carbocycles. The Kier molecular flexibility index (Phi) is 5.88. The summed E-state index contributed by atoms with van der Waals surface area (Å²) in [6.07, 6.45) is 2.34. The molecule has 10 heteroatoms. The van der Waals surface area contributed by atoms with E-state index in [1.165, 1.54) is 49.7 Å². The predicted octanol–water partition coefficient (Wildman–Crippen LogP) is 1.62. The van der Waals surface area contributed by atoms with E-state index in [1.54, 1.807) is 12.1 Å². The second kappa shape index (κ2) is 8.37. The number of esters is 1. The number of nitrogens with one attached hydrogen (secondary N) is 1. The summed E-state index contributed by atoms with van der Waals surface area (Å²) in [6.45, 7) is 1.44. The van der Waals surface area contributed by atoms with Gasteiger partial charge in [0.25, 0.3) is 10.0 Å². The second-order valence-corrected chi connectivity index (χ2v) is 8.25. The van der Waals surface area contributed by atoms with Crippen molar-refractivity contribution in [1.82, 2.24) is 8.54 Å². The molecule has 0 aliphatic carbocycles. The normalized spacial score (nSPS) is 11.1. The molecule has 0 saturated heterocycles. The summed E-state index contributed by atoms with van der Waals surface area (Å²) in [6, 6.07) is 12.1. The Hall–Kier alpha value is -3.66. The number of imidazole rings is 1. The van der Waals surface area contributed by atoms with Gasteiger partial charge in [0.05, 0.1) is 17.6 Å². The molecular formula is C20H19N3O6S. The highest BCUT2D eigenvalue weighted by molar-refractivity contribution is 7.90. The summed E-state index contributed by atoms with van der Waals surface area (Å²) >= 11 is 0. The van der Waals surface area contributed by atoms with Crippen molar-refractivity contribution in [2.24, 2.45) is 0 Å². The van der Waals surface area contributed by atoms with Crippen molar-refractivity contribution in [3.05, 3.63) is 82.5 Å². The van der Waals surface area contributed by atoms with Crippen LogP contribution in [0.4, 0.5) is 5.69 Å². The first kappa shape index (κ1) is 21.1. The van der Waals surface area contributed by atoms with Crippen LogP contribution in [0.2, 0.25) is 0 Å². The molecule has 156 valence electrons. The largest absolute Gasteiger partial charge is 0.465 e. The van der Waals surface area contributed by atoms with Gasteiger partial charge in [-0.25, -0.2) is 18.0 Å². The number of carbonyl (C=O) groups is 2. The number of hydrogen-bond donors (Lipinski definition) is 1. The monoisotopic (exact) mass is 429 g/mol. The van der Waals surface area contributed by atoms with Crippen LogP contribution in [-0.4, -0.2) is 35.9 Å². The number of amides is 1. The minimum Gasteiger partial charge on any atom is -0.465 e. The lowest BCUT2D eigenvalue weighted by atomic mass is 10.2. The maximum absolute atomic E-state index is 12.7. The molecule has 1 N–H and O–H groups in total. The molecular weight excluding hydrogens is 410 g/mol. The first-order valence-electron chi connectivity index (χ1n) is 8.80. The Morgan fingerprint density at radius 1 is 1.00 bits per heavy atom. The van der Waals surface area contributed by atoms with Crippen LogP contribution < -0.4 is 11.0 Å². The van der Waals surface area contributed by atoms with Gasteiger partial charge in [-0.3, -0.25) is 9.36 Å². The average Bonchev–Trinajstić information content (AvgIpc) is 3.09. The Morgan fingerprint density at radius 3 is 2.23 bits per heavy atom. The molecule has 3 aromatic rings. The predicted molar refractivity (Wildman–Crippen MR) is 109 cm³/mol. The third kappa shape index (κ3) is 4.33. The van der Waals surface area contributed by atoms with Gasteiger partial charge in [-0.05, 0) is 43.3 Å². The van der Waals surface area contributed by atoms with Gasteiger partial charge >= 0.3 is 11.7 Å². The minimum absolute atomic E-state index is 0.0249. The molecule has 1 heterocycles. The fraction of sp³-hybridized carbons (Fsp3) is 0.150. The molecule has 9 nitrogen and oxygen atoms in total. The summed E-state index contributed by atoms with van der Waals surface area (Å²) in [5.41, 5.74) is 0.763. The maximum atomic E-state index is 12.7. The number of carbonyl (C=O) groups excluding carboxylic acids is 2. The molecule has 0 fully saturated rings. The number of benzene rings is 2. The summed E-state index contributed by atoms with van der Waals surface area (Å²) in [5.74, 6) is -1.04. The number of aromatic nitrogens is 2. The van der Waals surface area contributed by atoms with Gasteiger partial charge in [0.1, 0.15) is 6.54 Å². The molecule has 0 aliphatic heterocycles. The highest BCUT2D eigenvalue weighted by Gasteiger charge is 2.21. The van der Waals surface area contributed by atoms with Crippen LogP contribution in [0.3, 0.4) is 0 Å². The van der Waals surface area contributed by atoms with Gasteiger partial charge in [-0.1, -0.05) is 17.7 Å². The Balaban J connectivity index is 1.74. The molecule has 2 aromatic carbocycles. The molecule has 0 radical (unpaired) electrons. The van der Waals surface area contributed by atoms with Crippen molar-refractivity contribution in [2.75, 3.05) is 12.4 Å². The fourth-order valence-corrected chi connectivity index (χ4v) is 3.92. The SMILES string of the molecule is COC(=O)c1ccc(NC(=O)Cn2ccn(S(=O)(=O)c3ccc(C)cc3)c2=O)cc1. The summed E-state index contributed by atoms with van der Waals surface area (Å²) in [4.78, 5) is 36.2. The van der Waals surface area contributed by atoms with Crippen LogP contribution in [-0.2, 0) is 26.1 Å². The van der Waals surface area contributed by atoms with Gasteiger partial charge in [0.2, 0.25) is 5.91 Å². The fourth-order valence-electron chi connectivity index (χ4n) is 2.68. The van der Waals surface area contributed by atoms with Crippen LogP contribution in [0.15, 0.2) is 70.6 Å². The van der Waals surface area contributed by atoms with E-state index in [2.05, 4.69) is 10.1 Å². The van der Waals surface area contributed by atoms with Crippen LogP contribution in [0.1, 0.15) is 15.9 Å². The van der Waals surface area contributed by atoms with Gasteiger partial charge in [-0.2, -0.15) is 3.97 Å². The van der Waals surface area contributed by atoms with Crippen molar-refractivity contribution in [2.45, 2.75) is 18.4 Å². The molecule has 3 rings (SSSR count). The number of hydrogen-bond acceptors (Lipinski definition) is 6. The van der Waals surface area contributed by atoms with Gasteiger partial charge in [0.15, 0.2) is 0 Å². The third-order valence-corrected chi connectivity index (χ3v) is 5.96. The van der Waals surface area contributed by atoms with Crippen molar-refractivity contribution >= 4 is 27.6 Å². The number of rotatable bonds is 6. The Bertz CT molecular complexity index is 1240. The molecule has 30 heavy (non-hydrogen) atoms. The van der Waals surface area contributed by atoms with Gasteiger partial charge in [0, 0.05) is 18.1 Å². The average molecular weight is 429 g/mol. The Morgan fingerprint density at radius 2 is 1.63 bits per heavy atom. The first-order chi connectivity index (χ1) is 14.2. The van der Waals surface area contributed by atoms with Gasteiger partial charge < -0.3 is 10.1 Å². The summed E-state index contributed by atoms with van der Waals surface area (Å²) in [5, 5.41) is 2.58. The summed E-state index contributed by atoms with van der Waals surface area (Å²) in [7, 11) is -2.80. The smallest absolute Gasteiger partial charge is 0.342 e. The van der Waals surface area contributed by atoms with E-state index in [0.717, 1.165) is 16.3 Å². The molecule has 0 spiro atoms. The van der Waals surface area contributed by atoms with Crippen LogP contribution in [0, 0.1) is 6.92 Å². The van der Waals surface area contributed by atoms with Crippen LogP contribution in [0.25, 0.3) is 0 Å². The lowest BCUT2D eigenvalue weighted by Gasteiger charge is -2.07. The molecule has 0 aliphatic rings. The van der Waals surface area contributed by atoms with E-state index in [9.17, 15) is 22.8 Å². The zero-order valence-electron chi connectivity index (χ0n) is 16.2. The van der Waals surface area contributed by atoms with E-state index in [1.807, 2.05) is 6.92 Å². The number of nitrogens with zero attached hydrogens (tertiary/aromatic N) is 2. The standard InChI is InChI=1S/C20H19N3O6S/c1-14-3-9-17(10-4-14)30(27,28)23-12-11-22(20(23)26)13-18(24)21-16-7-5-15(6-8-16)19(25)29-2/h3-12H,13H2,1-2H3,(H,21,24). The minimum atomic E-state index is -4.07. The highest BCUT2D eigenvalue weighted by Crippen LogP contribution is 2.13. The number of ether oxygens (including phenoxy) is 1.